The molecule has 0 atom stereocenters. The second-order valence-corrected chi connectivity index (χ2v) is 6.23. The standard InChI is InChI=1S/C19H31N3O.HI/c1-3-13-23-15-17-10-8-7-9-16(17)14-21-19(20-2)22-18-11-5-4-6-12-18;/h7-10,18H,3-6,11-15H2,1-2H3,(H2,20,21,22);1H. The molecule has 136 valence electrons. The lowest BCUT2D eigenvalue weighted by Gasteiger charge is -2.25. The monoisotopic (exact) mass is 445 g/mol. The molecule has 0 radical (unpaired) electrons. The summed E-state index contributed by atoms with van der Waals surface area (Å²) < 4.78 is 5.69. The van der Waals surface area contributed by atoms with Gasteiger partial charge in [-0.3, -0.25) is 4.99 Å². The zero-order chi connectivity index (χ0) is 16.3. The first-order valence-corrected chi connectivity index (χ1v) is 8.95. The minimum Gasteiger partial charge on any atom is -0.377 e. The Labute approximate surface area is 163 Å². The van der Waals surface area contributed by atoms with E-state index in [9.17, 15) is 0 Å². The molecule has 0 unspecified atom stereocenters. The van der Waals surface area contributed by atoms with Gasteiger partial charge in [0.2, 0.25) is 0 Å². The summed E-state index contributed by atoms with van der Waals surface area (Å²) in [5.41, 5.74) is 2.52. The van der Waals surface area contributed by atoms with E-state index in [1.807, 2.05) is 7.05 Å². The number of nitrogens with zero attached hydrogens (tertiary/aromatic N) is 1. The third-order valence-corrected chi connectivity index (χ3v) is 4.34. The molecule has 1 aliphatic rings. The maximum atomic E-state index is 5.69. The third kappa shape index (κ3) is 7.38. The maximum Gasteiger partial charge on any atom is 0.191 e. The molecule has 24 heavy (non-hydrogen) atoms. The quantitative estimate of drug-likeness (QED) is 0.286. The number of benzene rings is 1. The highest BCUT2D eigenvalue weighted by Gasteiger charge is 2.14. The maximum absolute atomic E-state index is 5.69. The highest BCUT2D eigenvalue weighted by atomic mass is 127. The molecular formula is C19H32IN3O. The summed E-state index contributed by atoms with van der Waals surface area (Å²) in [7, 11) is 1.84. The Morgan fingerprint density at radius 2 is 1.88 bits per heavy atom. The zero-order valence-corrected chi connectivity index (χ0v) is 17.3. The van der Waals surface area contributed by atoms with Crippen molar-refractivity contribution < 1.29 is 4.74 Å². The molecule has 0 aromatic heterocycles. The second kappa shape index (κ2) is 12.5. The number of ether oxygens (including phenoxy) is 1. The van der Waals surface area contributed by atoms with E-state index in [1.54, 1.807) is 0 Å². The largest absolute Gasteiger partial charge is 0.377 e. The van der Waals surface area contributed by atoms with Gasteiger partial charge in [0.1, 0.15) is 0 Å². The fourth-order valence-corrected chi connectivity index (χ4v) is 3.01. The van der Waals surface area contributed by atoms with E-state index in [4.69, 9.17) is 4.74 Å². The number of nitrogens with one attached hydrogen (secondary N) is 2. The predicted octanol–water partition coefficient (Wildman–Crippen LogP) is 4.23. The summed E-state index contributed by atoms with van der Waals surface area (Å²) in [4.78, 5) is 4.37. The van der Waals surface area contributed by atoms with Gasteiger partial charge in [0.05, 0.1) is 6.61 Å². The van der Waals surface area contributed by atoms with Crippen LogP contribution in [0.15, 0.2) is 29.3 Å². The summed E-state index contributed by atoms with van der Waals surface area (Å²) in [6, 6.07) is 9.02. The molecule has 0 aliphatic heterocycles. The average Bonchev–Trinajstić information content (AvgIpc) is 2.60. The summed E-state index contributed by atoms with van der Waals surface area (Å²) in [6.45, 7) is 4.40. The first-order chi connectivity index (χ1) is 11.3. The topological polar surface area (TPSA) is 45.6 Å². The van der Waals surface area contributed by atoms with Crippen molar-refractivity contribution in [1.29, 1.82) is 0 Å². The Kier molecular flexibility index (Phi) is 11.1. The van der Waals surface area contributed by atoms with Gasteiger partial charge in [-0.2, -0.15) is 0 Å². The summed E-state index contributed by atoms with van der Waals surface area (Å²) >= 11 is 0. The van der Waals surface area contributed by atoms with Gasteiger partial charge in [-0.05, 0) is 30.4 Å². The van der Waals surface area contributed by atoms with Crippen LogP contribution in [0.1, 0.15) is 56.6 Å². The Morgan fingerprint density at radius 1 is 1.17 bits per heavy atom. The smallest absolute Gasteiger partial charge is 0.191 e. The van der Waals surface area contributed by atoms with Crippen molar-refractivity contribution in [3.63, 3.8) is 0 Å². The molecule has 0 heterocycles. The Morgan fingerprint density at radius 3 is 2.54 bits per heavy atom. The Hall–Kier alpha value is -0.820. The van der Waals surface area contributed by atoms with Gasteiger partial charge in [0.15, 0.2) is 5.96 Å². The van der Waals surface area contributed by atoms with Gasteiger partial charge in [-0.25, -0.2) is 0 Å². The molecule has 0 saturated heterocycles. The minimum atomic E-state index is 0. The molecule has 2 rings (SSSR count). The van der Waals surface area contributed by atoms with Crippen molar-refractivity contribution in [3.05, 3.63) is 35.4 Å². The normalized spacial score (nSPS) is 15.7. The minimum absolute atomic E-state index is 0. The average molecular weight is 445 g/mol. The number of aliphatic imine (C=N–C) groups is 1. The van der Waals surface area contributed by atoms with Crippen LogP contribution < -0.4 is 10.6 Å². The molecule has 1 aromatic carbocycles. The molecule has 2 N–H and O–H groups in total. The second-order valence-electron chi connectivity index (χ2n) is 6.23. The van der Waals surface area contributed by atoms with Crippen molar-refractivity contribution in [1.82, 2.24) is 10.6 Å². The van der Waals surface area contributed by atoms with E-state index in [0.29, 0.717) is 12.6 Å². The number of hydrogen-bond donors (Lipinski definition) is 2. The fourth-order valence-electron chi connectivity index (χ4n) is 3.01. The first-order valence-electron chi connectivity index (χ1n) is 8.95. The predicted molar refractivity (Wildman–Crippen MR) is 112 cm³/mol. The van der Waals surface area contributed by atoms with Crippen LogP contribution in [0.4, 0.5) is 0 Å². The van der Waals surface area contributed by atoms with Crippen LogP contribution in [0.2, 0.25) is 0 Å². The molecule has 1 aromatic rings. The van der Waals surface area contributed by atoms with E-state index < -0.39 is 0 Å². The van der Waals surface area contributed by atoms with Crippen LogP contribution in [-0.4, -0.2) is 25.7 Å². The van der Waals surface area contributed by atoms with Gasteiger partial charge >= 0.3 is 0 Å². The van der Waals surface area contributed by atoms with Crippen molar-refractivity contribution in [2.75, 3.05) is 13.7 Å². The van der Waals surface area contributed by atoms with E-state index in [-0.39, 0.29) is 24.0 Å². The molecule has 1 aliphatic carbocycles. The summed E-state index contributed by atoms with van der Waals surface area (Å²) in [5, 5.41) is 7.00. The van der Waals surface area contributed by atoms with Crippen molar-refractivity contribution in [2.45, 2.75) is 64.6 Å². The number of rotatable bonds is 7. The van der Waals surface area contributed by atoms with E-state index in [2.05, 4.69) is 46.8 Å². The van der Waals surface area contributed by atoms with Crippen LogP contribution in [-0.2, 0) is 17.9 Å². The van der Waals surface area contributed by atoms with Gasteiger partial charge in [0.25, 0.3) is 0 Å². The molecule has 4 nitrogen and oxygen atoms in total. The van der Waals surface area contributed by atoms with Crippen molar-refractivity contribution >= 4 is 29.9 Å². The molecule has 0 spiro atoms. The molecule has 0 bridgehead atoms. The summed E-state index contributed by atoms with van der Waals surface area (Å²) in [6.07, 6.45) is 7.58. The van der Waals surface area contributed by atoms with Crippen molar-refractivity contribution in [3.8, 4) is 0 Å². The van der Waals surface area contributed by atoms with Gasteiger partial charge in [-0.1, -0.05) is 50.5 Å². The van der Waals surface area contributed by atoms with Crippen LogP contribution >= 0.6 is 24.0 Å². The lowest BCUT2D eigenvalue weighted by Crippen LogP contribution is -2.43. The molecular weight excluding hydrogens is 413 g/mol. The van der Waals surface area contributed by atoms with Gasteiger partial charge < -0.3 is 15.4 Å². The van der Waals surface area contributed by atoms with Gasteiger partial charge in [-0.15, -0.1) is 24.0 Å². The lowest BCUT2D eigenvalue weighted by molar-refractivity contribution is 0.121. The summed E-state index contributed by atoms with van der Waals surface area (Å²) in [5.74, 6) is 0.904. The van der Waals surface area contributed by atoms with Crippen LogP contribution in [0.25, 0.3) is 0 Å². The number of halogens is 1. The Bertz CT molecular complexity index is 487. The lowest BCUT2D eigenvalue weighted by atomic mass is 9.96. The van der Waals surface area contributed by atoms with Crippen LogP contribution in [0.3, 0.4) is 0 Å². The van der Waals surface area contributed by atoms with E-state index in [0.717, 1.165) is 25.5 Å². The highest BCUT2D eigenvalue weighted by molar-refractivity contribution is 14.0. The first kappa shape index (κ1) is 21.2. The van der Waals surface area contributed by atoms with Crippen LogP contribution in [0, 0.1) is 0 Å². The molecule has 1 fully saturated rings. The molecule has 1 saturated carbocycles. The molecule has 0 amide bonds. The van der Waals surface area contributed by atoms with E-state index in [1.165, 1.54) is 43.2 Å². The SMILES string of the molecule is CCCOCc1ccccc1CNC(=NC)NC1CCCCC1.I. The zero-order valence-electron chi connectivity index (χ0n) is 15.0. The number of guanidine groups is 1. The van der Waals surface area contributed by atoms with Crippen molar-refractivity contribution in [2.24, 2.45) is 4.99 Å². The highest BCUT2D eigenvalue weighted by Crippen LogP contribution is 2.17. The van der Waals surface area contributed by atoms with Gasteiger partial charge in [0, 0.05) is 26.2 Å². The number of hydrogen-bond acceptors (Lipinski definition) is 2. The van der Waals surface area contributed by atoms with E-state index >= 15 is 0 Å². The third-order valence-electron chi connectivity index (χ3n) is 4.34. The van der Waals surface area contributed by atoms with Crippen LogP contribution in [0.5, 0.6) is 0 Å². The fraction of sp³-hybridized carbons (Fsp3) is 0.632. The Balaban J connectivity index is 0.00000288. The molecule has 5 heteroatoms.